The number of nitrogens with zero attached hydrogens (tertiary/aromatic N) is 2. The summed E-state index contributed by atoms with van der Waals surface area (Å²) in [6.45, 7) is 3.92. The Bertz CT molecular complexity index is 870. The maximum atomic E-state index is 13.4. The molecular formula is C24H29N3O3. The second-order valence-electron chi connectivity index (χ2n) is 8.40. The molecule has 2 amide bonds. The summed E-state index contributed by atoms with van der Waals surface area (Å²) in [5.74, 6) is 1.39. The standard InChI is InChI=1S/C24H29N3O3/c1-18(28)27-13-11-24(12-14-27,21-5-3-2-4-6-21)23(29)26-16-20-9-10-22(25-15-20)30-17-19-7-8-19/h2-6,9-10,15,19H,7-8,11-14,16-17H2,1H3,(H,26,29). The molecule has 2 heterocycles. The van der Waals surface area contributed by atoms with Gasteiger partial charge in [0.05, 0.1) is 12.0 Å². The molecule has 1 aromatic heterocycles. The zero-order chi connectivity index (χ0) is 21.0. The van der Waals surface area contributed by atoms with Gasteiger partial charge >= 0.3 is 0 Å². The Balaban J connectivity index is 1.41. The summed E-state index contributed by atoms with van der Waals surface area (Å²) < 4.78 is 5.68. The van der Waals surface area contributed by atoms with E-state index in [-0.39, 0.29) is 11.8 Å². The number of rotatable bonds is 7. The molecule has 2 aliphatic rings. The van der Waals surface area contributed by atoms with Gasteiger partial charge in [-0.05, 0) is 42.7 Å². The number of carbonyl (C=O) groups excluding carboxylic acids is 2. The lowest BCUT2D eigenvalue weighted by molar-refractivity contribution is -0.135. The minimum absolute atomic E-state index is 0.00552. The van der Waals surface area contributed by atoms with Gasteiger partial charge in [-0.2, -0.15) is 0 Å². The van der Waals surface area contributed by atoms with Crippen LogP contribution in [0.3, 0.4) is 0 Å². The fraction of sp³-hybridized carbons (Fsp3) is 0.458. The predicted molar refractivity (Wildman–Crippen MR) is 114 cm³/mol. The van der Waals surface area contributed by atoms with Gasteiger partial charge < -0.3 is 15.0 Å². The number of hydrogen-bond donors (Lipinski definition) is 1. The fourth-order valence-electron chi connectivity index (χ4n) is 4.05. The Kier molecular flexibility index (Phi) is 6.02. The quantitative estimate of drug-likeness (QED) is 0.766. The van der Waals surface area contributed by atoms with Crippen molar-refractivity contribution < 1.29 is 14.3 Å². The van der Waals surface area contributed by atoms with Crippen LogP contribution < -0.4 is 10.1 Å². The van der Waals surface area contributed by atoms with Crippen LogP contribution >= 0.6 is 0 Å². The Hall–Kier alpha value is -2.89. The number of pyridine rings is 1. The molecule has 6 heteroatoms. The van der Waals surface area contributed by atoms with Gasteiger partial charge in [-0.1, -0.05) is 36.4 Å². The normalized spacial score (nSPS) is 18.0. The summed E-state index contributed by atoms with van der Waals surface area (Å²) in [5.41, 5.74) is 1.33. The van der Waals surface area contributed by atoms with Crippen LogP contribution in [0.15, 0.2) is 48.7 Å². The van der Waals surface area contributed by atoms with E-state index in [1.54, 1.807) is 13.1 Å². The molecule has 158 valence electrons. The fourth-order valence-corrected chi connectivity index (χ4v) is 4.05. The van der Waals surface area contributed by atoms with E-state index in [2.05, 4.69) is 10.3 Å². The van der Waals surface area contributed by atoms with Gasteiger partial charge in [-0.3, -0.25) is 9.59 Å². The molecule has 1 saturated heterocycles. The van der Waals surface area contributed by atoms with Crippen LogP contribution in [0.1, 0.15) is 43.7 Å². The molecule has 2 fully saturated rings. The average Bonchev–Trinajstić information content (AvgIpc) is 3.62. The average molecular weight is 408 g/mol. The van der Waals surface area contributed by atoms with Crippen molar-refractivity contribution in [2.45, 2.75) is 44.6 Å². The maximum absolute atomic E-state index is 13.4. The highest BCUT2D eigenvalue weighted by Crippen LogP contribution is 2.36. The van der Waals surface area contributed by atoms with Gasteiger partial charge in [0.2, 0.25) is 17.7 Å². The smallest absolute Gasteiger partial charge is 0.231 e. The maximum Gasteiger partial charge on any atom is 0.231 e. The highest BCUT2D eigenvalue weighted by Gasteiger charge is 2.43. The first-order valence-corrected chi connectivity index (χ1v) is 10.7. The summed E-state index contributed by atoms with van der Waals surface area (Å²) >= 11 is 0. The van der Waals surface area contributed by atoms with Crippen LogP contribution in [0.25, 0.3) is 0 Å². The SMILES string of the molecule is CC(=O)N1CCC(C(=O)NCc2ccc(OCC3CC3)nc2)(c2ccccc2)CC1. The van der Waals surface area contributed by atoms with Crippen LogP contribution in [0.5, 0.6) is 5.88 Å². The Morgan fingerprint density at radius 3 is 2.47 bits per heavy atom. The molecular weight excluding hydrogens is 378 g/mol. The number of hydrogen-bond acceptors (Lipinski definition) is 4. The molecule has 1 saturated carbocycles. The van der Waals surface area contributed by atoms with Crippen LogP contribution in [0.4, 0.5) is 0 Å². The number of amides is 2. The molecule has 6 nitrogen and oxygen atoms in total. The van der Waals surface area contributed by atoms with Crippen molar-refractivity contribution >= 4 is 11.8 Å². The third-order valence-electron chi connectivity index (χ3n) is 6.24. The zero-order valence-corrected chi connectivity index (χ0v) is 17.5. The summed E-state index contributed by atoms with van der Waals surface area (Å²) in [6.07, 6.45) is 5.49. The summed E-state index contributed by atoms with van der Waals surface area (Å²) in [7, 11) is 0. The largest absolute Gasteiger partial charge is 0.477 e. The third-order valence-corrected chi connectivity index (χ3v) is 6.24. The van der Waals surface area contributed by atoms with E-state index < -0.39 is 5.41 Å². The molecule has 1 aliphatic carbocycles. The first-order valence-electron chi connectivity index (χ1n) is 10.7. The number of nitrogens with one attached hydrogen (secondary N) is 1. The molecule has 30 heavy (non-hydrogen) atoms. The molecule has 1 aromatic carbocycles. The number of carbonyl (C=O) groups is 2. The molecule has 1 aliphatic heterocycles. The van der Waals surface area contributed by atoms with Crippen LogP contribution in [0.2, 0.25) is 0 Å². The summed E-state index contributed by atoms with van der Waals surface area (Å²) in [4.78, 5) is 31.3. The van der Waals surface area contributed by atoms with E-state index in [9.17, 15) is 9.59 Å². The second kappa shape index (κ2) is 8.86. The molecule has 2 aromatic rings. The predicted octanol–water partition coefficient (Wildman–Crippen LogP) is 3.07. The Labute approximate surface area is 177 Å². The van der Waals surface area contributed by atoms with Crippen molar-refractivity contribution in [1.29, 1.82) is 0 Å². The van der Waals surface area contributed by atoms with Crippen LogP contribution in [-0.4, -0.2) is 41.4 Å². The Morgan fingerprint density at radius 1 is 1.13 bits per heavy atom. The summed E-state index contributed by atoms with van der Waals surface area (Å²) in [6, 6.07) is 13.7. The van der Waals surface area contributed by atoms with Crippen LogP contribution in [-0.2, 0) is 21.5 Å². The topological polar surface area (TPSA) is 71.5 Å². The van der Waals surface area contributed by atoms with Crippen molar-refractivity contribution in [2.75, 3.05) is 19.7 Å². The molecule has 0 unspecified atom stereocenters. The number of likely N-dealkylation sites (tertiary alicyclic amines) is 1. The first kappa shape index (κ1) is 20.4. The van der Waals surface area contributed by atoms with Crippen molar-refractivity contribution in [3.8, 4) is 5.88 Å². The first-order chi connectivity index (χ1) is 14.6. The number of benzene rings is 1. The lowest BCUT2D eigenvalue weighted by Gasteiger charge is -2.40. The minimum atomic E-state index is -0.617. The lowest BCUT2D eigenvalue weighted by Crippen LogP contribution is -2.52. The second-order valence-corrected chi connectivity index (χ2v) is 8.40. The van der Waals surface area contributed by atoms with Gasteiger partial charge in [0.15, 0.2) is 0 Å². The van der Waals surface area contributed by atoms with E-state index in [4.69, 9.17) is 4.74 Å². The Morgan fingerprint density at radius 2 is 1.87 bits per heavy atom. The highest BCUT2D eigenvalue weighted by molar-refractivity contribution is 5.88. The highest BCUT2D eigenvalue weighted by atomic mass is 16.5. The van der Waals surface area contributed by atoms with Gasteiger partial charge in [-0.15, -0.1) is 0 Å². The van der Waals surface area contributed by atoms with Crippen molar-refractivity contribution in [1.82, 2.24) is 15.2 Å². The molecule has 0 bridgehead atoms. The number of piperidine rings is 1. The zero-order valence-electron chi connectivity index (χ0n) is 17.5. The number of aromatic nitrogens is 1. The van der Waals surface area contributed by atoms with E-state index in [1.807, 2.05) is 47.4 Å². The van der Waals surface area contributed by atoms with E-state index in [0.717, 1.165) is 17.7 Å². The monoisotopic (exact) mass is 407 g/mol. The van der Waals surface area contributed by atoms with E-state index in [1.165, 1.54) is 12.8 Å². The van der Waals surface area contributed by atoms with Crippen molar-refractivity contribution in [3.63, 3.8) is 0 Å². The van der Waals surface area contributed by atoms with Crippen molar-refractivity contribution in [3.05, 3.63) is 59.8 Å². The molecule has 0 spiro atoms. The molecule has 0 atom stereocenters. The van der Waals surface area contributed by atoms with Gasteiger partial charge in [-0.25, -0.2) is 4.98 Å². The third kappa shape index (κ3) is 4.64. The summed E-state index contributed by atoms with van der Waals surface area (Å²) in [5, 5.41) is 3.11. The van der Waals surface area contributed by atoms with Crippen LogP contribution in [0, 0.1) is 5.92 Å². The van der Waals surface area contributed by atoms with Crippen molar-refractivity contribution in [2.24, 2.45) is 5.92 Å². The molecule has 0 radical (unpaired) electrons. The lowest BCUT2D eigenvalue weighted by atomic mass is 9.72. The van der Waals surface area contributed by atoms with Gasteiger partial charge in [0.25, 0.3) is 0 Å². The molecule has 1 N–H and O–H groups in total. The van der Waals surface area contributed by atoms with E-state index >= 15 is 0 Å². The van der Waals surface area contributed by atoms with Gasteiger partial charge in [0.1, 0.15) is 0 Å². The molecule has 4 rings (SSSR count). The van der Waals surface area contributed by atoms with Gasteiger partial charge in [0, 0.05) is 38.8 Å². The minimum Gasteiger partial charge on any atom is -0.477 e. The van der Waals surface area contributed by atoms with E-state index in [0.29, 0.717) is 44.3 Å². The number of ether oxygens (including phenoxy) is 1.